The van der Waals surface area contributed by atoms with Crippen molar-refractivity contribution >= 4 is 34.9 Å². The highest BCUT2D eigenvalue weighted by Gasteiger charge is 2.47. The zero-order valence-electron chi connectivity index (χ0n) is 45.3. The van der Waals surface area contributed by atoms with E-state index in [1.807, 2.05) is 26.8 Å². The molecule has 2 aliphatic rings. The molecule has 14 nitrogen and oxygen atoms in total. The average Bonchev–Trinajstić information content (AvgIpc) is 3.26. The fourth-order valence-electron chi connectivity index (χ4n) is 9.33. The lowest BCUT2D eigenvalue weighted by molar-refractivity contribution is -0.280. The summed E-state index contributed by atoms with van der Waals surface area (Å²) in [4.78, 5) is 60.4. The summed E-state index contributed by atoms with van der Waals surface area (Å²) in [5.74, 6) is -0.312. The van der Waals surface area contributed by atoms with E-state index in [0.717, 1.165) is 37.3 Å². The van der Waals surface area contributed by atoms with Crippen LogP contribution in [0, 0.1) is 35.5 Å². The van der Waals surface area contributed by atoms with Crippen molar-refractivity contribution in [1.82, 2.24) is 19.8 Å². The third-order valence-electron chi connectivity index (χ3n) is 14.2. The molecule has 0 radical (unpaired) electrons. The molecule has 67 heavy (non-hydrogen) atoms. The summed E-state index contributed by atoms with van der Waals surface area (Å²) in [6.45, 7) is 27.3. The number of aliphatic hydroxyl groups is 1. The SMILES string of the molecule is CC1CC(N(C)C)C(C)[C@H](Sc2ncccn2)O1.CC[C@H](C)C[C@@](C)(OC)[C@H](O)[C@@H](C)C(=O)CC(C)=O.CC[C@H](C)C[C@@](C)(OC)[C@H](O[C@@H]1OC(C)CC(N(C)C)C1C)[C@@H](C)C(=O)CC(C)=O. The molecule has 2 aliphatic heterocycles. The van der Waals surface area contributed by atoms with Gasteiger partial charge in [0.05, 0.1) is 48.5 Å². The van der Waals surface area contributed by atoms with Crippen LogP contribution in [-0.2, 0) is 42.9 Å². The van der Waals surface area contributed by atoms with Gasteiger partial charge in [0, 0.05) is 62.4 Å². The first-order valence-corrected chi connectivity index (χ1v) is 25.5. The normalized spacial score (nSPS) is 27.6. The average molecular weight is 967 g/mol. The van der Waals surface area contributed by atoms with E-state index in [1.54, 1.807) is 45.3 Å². The Bertz CT molecular complexity index is 1620. The highest BCUT2D eigenvalue weighted by Crippen LogP contribution is 2.39. The summed E-state index contributed by atoms with van der Waals surface area (Å²) in [5, 5.41) is 11.2. The van der Waals surface area contributed by atoms with Crippen LogP contribution in [0.2, 0.25) is 0 Å². The van der Waals surface area contributed by atoms with Gasteiger partial charge in [0.25, 0.3) is 0 Å². The molecule has 388 valence electrons. The van der Waals surface area contributed by atoms with E-state index in [2.05, 4.69) is 103 Å². The Morgan fingerprint density at radius 1 is 0.746 bits per heavy atom. The summed E-state index contributed by atoms with van der Waals surface area (Å²) in [7, 11) is 11.7. The van der Waals surface area contributed by atoms with Gasteiger partial charge in [0.2, 0.25) is 0 Å². The van der Waals surface area contributed by atoms with E-state index in [9.17, 15) is 24.3 Å². The number of methoxy groups -OCH3 is 2. The molecule has 0 spiro atoms. The van der Waals surface area contributed by atoms with E-state index in [4.69, 9.17) is 23.7 Å². The second-order valence-corrected chi connectivity index (χ2v) is 21.8. The highest BCUT2D eigenvalue weighted by atomic mass is 32.2. The summed E-state index contributed by atoms with van der Waals surface area (Å²) >= 11 is 1.63. The number of nitrogens with zero attached hydrogens (tertiary/aromatic N) is 4. The van der Waals surface area contributed by atoms with Gasteiger partial charge in [-0.25, -0.2) is 9.97 Å². The molecule has 2 saturated heterocycles. The van der Waals surface area contributed by atoms with E-state index < -0.39 is 41.5 Å². The Morgan fingerprint density at radius 2 is 1.18 bits per heavy atom. The van der Waals surface area contributed by atoms with Gasteiger partial charge in [-0.2, -0.15) is 0 Å². The zero-order chi connectivity index (χ0) is 51.6. The molecule has 0 aromatic carbocycles. The summed E-state index contributed by atoms with van der Waals surface area (Å²) in [6.07, 6.45) is 7.29. The van der Waals surface area contributed by atoms with Crippen molar-refractivity contribution in [3.8, 4) is 0 Å². The number of thioether (sulfide) groups is 1. The predicted molar refractivity (Wildman–Crippen MR) is 268 cm³/mol. The fourth-order valence-corrected chi connectivity index (χ4v) is 10.4. The van der Waals surface area contributed by atoms with Crippen molar-refractivity contribution in [2.75, 3.05) is 42.4 Å². The van der Waals surface area contributed by atoms with Crippen LogP contribution in [-0.4, -0.2) is 150 Å². The topological polar surface area (TPSA) is 167 Å². The van der Waals surface area contributed by atoms with Gasteiger partial charge in [-0.3, -0.25) is 19.2 Å². The zero-order valence-corrected chi connectivity index (χ0v) is 46.1. The lowest BCUT2D eigenvalue weighted by Gasteiger charge is -2.47. The molecule has 0 bridgehead atoms. The fraction of sp³-hybridized carbons (Fsp3) is 0.846. The summed E-state index contributed by atoms with van der Waals surface area (Å²) in [5.41, 5.74) is -1.30. The quantitative estimate of drug-likeness (QED) is 0.0771. The number of ether oxygens (including phenoxy) is 5. The van der Waals surface area contributed by atoms with Gasteiger partial charge in [-0.05, 0) is 113 Å². The third-order valence-corrected chi connectivity index (χ3v) is 15.4. The number of aliphatic hydroxyl groups excluding tert-OH is 1. The number of ketones is 4. The molecule has 15 heteroatoms. The smallest absolute Gasteiger partial charge is 0.190 e. The number of rotatable bonds is 24. The minimum Gasteiger partial charge on any atom is -0.389 e. The maximum atomic E-state index is 12.9. The molecule has 3 heterocycles. The Morgan fingerprint density at radius 3 is 1.61 bits per heavy atom. The summed E-state index contributed by atoms with van der Waals surface area (Å²) in [6, 6.07) is 2.71. The van der Waals surface area contributed by atoms with Gasteiger partial charge in [-0.1, -0.05) is 80.0 Å². The molecule has 1 aromatic rings. The van der Waals surface area contributed by atoms with Gasteiger partial charge >= 0.3 is 0 Å². The van der Waals surface area contributed by atoms with Crippen LogP contribution in [0.25, 0.3) is 0 Å². The number of carbonyl (C=O) groups is 4. The van der Waals surface area contributed by atoms with E-state index >= 15 is 0 Å². The van der Waals surface area contributed by atoms with Crippen LogP contribution >= 0.6 is 11.8 Å². The van der Waals surface area contributed by atoms with Crippen LogP contribution in [0.1, 0.15) is 148 Å². The molecule has 16 atom stereocenters. The molecule has 2 fully saturated rings. The molecular weight excluding hydrogens is 873 g/mol. The Hall–Kier alpha value is -2.21. The van der Waals surface area contributed by atoms with Crippen LogP contribution in [0.4, 0.5) is 0 Å². The predicted octanol–water partition coefficient (Wildman–Crippen LogP) is 8.74. The highest BCUT2D eigenvalue weighted by molar-refractivity contribution is 7.99. The number of carbonyl (C=O) groups excluding carboxylic acids is 4. The molecule has 0 amide bonds. The maximum Gasteiger partial charge on any atom is 0.190 e. The molecule has 1 N–H and O–H groups in total. The number of Topliss-reactive ketones (excluding diaryl/α,β-unsaturated/α-hetero) is 4. The molecule has 3 rings (SSSR count). The molecular formula is C52H94N4O10S. The van der Waals surface area contributed by atoms with Gasteiger partial charge < -0.3 is 38.6 Å². The molecule has 0 saturated carbocycles. The minimum atomic E-state index is -0.904. The largest absolute Gasteiger partial charge is 0.389 e. The first-order valence-electron chi connectivity index (χ1n) is 24.7. The second-order valence-electron chi connectivity index (χ2n) is 20.8. The van der Waals surface area contributed by atoms with Crippen molar-refractivity contribution in [2.45, 2.75) is 213 Å². The van der Waals surface area contributed by atoms with Crippen LogP contribution in [0.15, 0.2) is 23.6 Å². The molecule has 1 aromatic heterocycles. The molecule has 6 unspecified atom stereocenters. The Kier molecular flexibility index (Phi) is 28.0. The van der Waals surface area contributed by atoms with E-state index in [0.29, 0.717) is 36.3 Å². The van der Waals surface area contributed by atoms with Crippen LogP contribution in [0.5, 0.6) is 0 Å². The van der Waals surface area contributed by atoms with Crippen molar-refractivity contribution in [2.24, 2.45) is 35.5 Å². The number of hydrogen-bond donors (Lipinski definition) is 1. The van der Waals surface area contributed by atoms with E-state index in [-0.39, 0.29) is 59.5 Å². The lowest BCUT2D eigenvalue weighted by atomic mass is 9.79. The third kappa shape index (κ3) is 20.2. The van der Waals surface area contributed by atoms with Crippen molar-refractivity contribution in [3.63, 3.8) is 0 Å². The van der Waals surface area contributed by atoms with E-state index in [1.165, 1.54) is 13.8 Å². The first kappa shape index (κ1) is 62.8. The van der Waals surface area contributed by atoms with Crippen LogP contribution in [0.3, 0.4) is 0 Å². The van der Waals surface area contributed by atoms with Gasteiger partial charge in [0.15, 0.2) is 11.4 Å². The van der Waals surface area contributed by atoms with Crippen molar-refractivity contribution in [1.29, 1.82) is 0 Å². The van der Waals surface area contributed by atoms with Crippen molar-refractivity contribution in [3.05, 3.63) is 18.5 Å². The second kappa shape index (κ2) is 29.8. The van der Waals surface area contributed by atoms with Crippen molar-refractivity contribution < 1.29 is 48.0 Å². The van der Waals surface area contributed by atoms with Crippen LogP contribution < -0.4 is 0 Å². The monoisotopic (exact) mass is 967 g/mol. The lowest BCUT2D eigenvalue weighted by Crippen LogP contribution is -2.56. The van der Waals surface area contributed by atoms with Gasteiger partial charge in [0.1, 0.15) is 28.6 Å². The number of aromatic nitrogens is 2. The Balaban J connectivity index is 0.000000527. The Labute approximate surface area is 410 Å². The first-order chi connectivity index (χ1) is 31.1. The number of hydrogen-bond acceptors (Lipinski definition) is 15. The minimum absolute atomic E-state index is 0.0610. The summed E-state index contributed by atoms with van der Waals surface area (Å²) < 4.78 is 30.3. The van der Waals surface area contributed by atoms with Gasteiger partial charge in [-0.15, -0.1) is 0 Å². The maximum absolute atomic E-state index is 12.9. The standard InChI is InChI=1S/C24H45NO5.C15H28O4.C13H21N3OS/c1-11-15(2)14-24(7,28-10)22(19(6)21(27)12-16(3)26)30-23-18(5)20(25(8)9)13-17(4)29-23;1-7-10(2)9-15(5,19-6)14(18)12(4)13(17)8-11(3)16;1-9-8-11(16(3)4)10(2)12(17-9)18-13-14-6-5-7-15-13/h15,17-20,22-23H,11-14H2,1-10H3;10,12,14,18H,7-9H2,1-6H3;5-7,9-12H,8H2,1-4H3/t15-,17?,18?,19-,20?,22+,23-,24+;10-,12-,14+,15+;9?,10?,11?,12-/m000/s1. The molecule has 0 aliphatic carbocycles.